The Morgan fingerprint density at radius 1 is 1.53 bits per heavy atom. The highest BCUT2D eigenvalue weighted by Crippen LogP contribution is 2.10. The molecule has 1 amide bonds. The minimum Gasteiger partial charge on any atom is -0.468 e. The summed E-state index contributed by atoms with van der Waals surface area (Å²) < 4.78 is 4.59. The predicted molar refractivity (Wildman–Crippen MR) is 56.5 cm³/mol. The van der Waals surface area contributed by atoms with Gasteiger partial charge in [0.1, 0.15) is 0 Å². The number of carbonyl (C=O) groups is 2. The first-order valence-corrected chi connectivity index (χ1v) is 4.64. The first-order chi connectivity index (χ1) is 7.22. The lowest BCUT2D eigenvalue weighted by molar-refractivity contribution is -0.128. The van der Waals surface area contributed by atoms with Crippen LogP contribution in [0, 0.1) is 0 Å². The monoisotopic (exact) mass is 207 g/mol. The van der Waals surface area contributed by atoms with Gasteiger partial charge in [-0.3, -0.25) is 9.59 Å². The number of hydrogen-bond donors (Lipinski definition) is 1. The average Bonchev–Trinajstić information content (AvgIpc) is 2.18. The number of hydrogen-bond acceptors (Lipinski definition) is 3. The minimum atomic E-state index is -0.101. The average molecular weight is 207 g/mol. The zero-order chi connectivity index (χ0) is 11.1. The molecule has 0 saturated carbocycles. The third kappa shape index (κ3) is 4.26. The zero-order valence-corrected chi connectivity index (χ0v) is 8.53. The first-order valence-electron chi connectivity index (χ1n) is 4.64. The van der Waals surface area contributed by atoms with Gasteiger partial charge >= 0.3 is 0 Å². The maximum atomic E-state index is 10.8. The van der Waals surface area contributed by atoms with E-state index in [2.05, 4.69) is 10.1 Å². The lowest BCUT2D eigenvalue weighted by atomic mass is 10.1. The molecule has 0 spiro atoms. The van der Waals surface area contributed by atoms with E-state index in [0.717, 1.165) is 11.3 Å². The maximum Gasteiger partial charge on any atom is 0.293 e. The minimum absolute atomic E-state index is 0.101. The van der Waals surface area contributed by atoms with Crippen LogP contribution in [0.5, 0.6) is 0 Å². The lowest BCUT2D eigenvalue weighted by Crippen LogP contribution is -2.06. The molecule has 0 aliphatic carbocycles. The molecule has 0 aromatic heterocycles. The highest BCUT2D eigenvalue weighted by atomic mass is 16.5. The topological polar surface area (TPSA) is 55.4 Å². The van der Waals surface area contributed by atoms with E-state index in [1.807, 2.05) is 24.3 Å². The summed E-state index contributed by atoms with van der Waals surface area (Å²) in [6.07, 6.45) is 0.645. The quantitative estimate of drug-likeness (QED) is 0.586. The molecule has 0 fully saturated rings. The standard InChI is InChI=1S/C11H13NO3/c1-9(14)12-11-4-2-3-10(7-11)5-6-15-8-13/h2-4,7-8H,5-6H2,1H3,(H,12,14). The van der Waals surface area contributed by atoms with Crippen molar-refractivity contribution in [1.82, 2.24) is 0 Å². The van der Waals surface area contributed by atoms with Crippen molar-refractivity contribution < 1.29 is 14.3 Å². The summed E-state index contributed by atoms with van der Waals surface area (Å²) in [7, 11) is 0. The molecule has 0 saturated heterocycles. The fourth-order valence-electron chi connectivity index (χ4n) is 1.23. The summed E-state index contributed by atoms with van der Waals surface area (Å²) in [5.41, 5.74) is 1.77. The van der Waals surface area contributed by atoms with Gasteiger partial charge in [0, 0.05) is 19.0 Å². The van der Waals surface area contributed by atoms with Gasteiger partial charge in [-0.1, -0.05) is 12.1 Å². The molecule has 0 atom stereocenters. The number of amides is 1. The second-order valence-corrected chi connectivity index (χ2v) is 3.10. The summed E-state index contributed by atoms with van der Waals surface area (Å²) >= 11 is 0. The Hall–Kier alpha value is -1.84. The second-order valence-electron chi connectivity index (χ2n) is 3.10. The summed E-state index contributed by atoms with van der Waals surface area (Å²) in [5.74, 6) is -0.101. The number of ether oxygens (including phenoxy) is 1. The predicted octanol–water partition coefficient (Wildman–Crippen LogP) is 1.36. The van der Waals surface area contributed by atoms with Crippen molar-refractivity contribution in [1.29, 1.82) is 0 Å². The molecule has 0 heterocycles. The Bertz CT molecular complexity index is 349. The van der Waals surface area contributed by atoms with Gasteiger partial charge < -0.3 is 10.1 Å². The van der Waals surface area contributed by atoms with Crippen LogP contribution < -0.4 is 5.32 Å². The second kappa shape index (κ2) is 5.80. The molecule has 4 heteroatoms. The molecule has 1 aromatic rings. The molecule has 0 aliphatic heterocycles. The molecular formula is C11H13NO3. The van der Waals surface area contributed by atoms with E-state index in [-0.39, 0.29) is 5.91 Å². The van der Waals surface area contributed by atoms with E-state index < -0.39 is 0 Å². The third-order valence-electron chi connectivity index (χ3n) is 1.82. The summed E-state index contributed by atoms with van der Waals surface area (Å²) in [5, 5.41) is 2.69. The summed E-state index contributed by atoms with van der Waals surface area (Å²) in [6, 6.07) is 7.43. The first kappa shape index (κ1) is 11.2. The SMILES string of the molecule is CC(=O)Nc1cccc(CCOC=O)c1. The molecule has 0 bridgehead atoms. The number of nitrogens with one attached hydrogen (secondary N) is 1. The summed E-state index contributed by atoms with van der Waals surface area (Å²) in [4.78, 5) is 20.7. The van der Waals surface area contributed by atoms with Crippen LogP contribution in [0.15, 0.2) is 24.3 Å². The van der Waals surface area contributed by atoms with Crippen LogP contribution >= 0.6 is 0 Å². The maximum absolute atomic E-state index is 10.8. The van der Waals surface area contributed by atoms with Gasteiger partial charge in [0.2, 0.25) is 5.91 Å². The van der Waals surface area contributed by atoms with Crippen LogP contribution in [0.4, 0.5) is 5.69 Å². The lowest BCUT2D eigenvalue weighted by Gasteiger charge is -2.04. The number of rotatable bonds is 5. The molecule has 4 nitrogen and oxygen atoms in total. The molecule has 0 unspecified atom stereocenters. The van der Waals surface area contributed by atoms with Crippen LogP contribution in [-0.4, -0.2) is 19.0 Å². The molecule has 80 valence electrons. The van der Waals surface area contributed by atoms with Crippen LogP contribution in [0.1, 0.15) is 12.5 Å². The van der Waals surface area contributed by atoms with E-state index in [1.165, 1.54) is 6.92 Å². The highest BCUT2D eigenvalue weighted by Gasteiger charge is 1.97. The van der Waals surface area contributed by atoms with E-state index in [4.69, 9.17) is 0 Å². The highest BCUT2D eigenvalue weighted by molar-refractivity contribution is 5.88. The Morgan fingerprint density at radius 3 is 3.00 bits per heavy atom. The normalized spacial score (nSPS) is 9.40. The third-order valence-corrected chi connectivity index (χ3v) is 1.82. The zero-order valence-electron chi connectivity index (χ0n) is 8.53. The molecule has 15 heavy (non-hydrogen) atoms. The van der Waals surface area contributed by atoms with Gasteiger partial charge in [-0.25, -0.2) is 0 Å². The van der Waals surface area contributed by atoms with Crippen molar-refractivity contribution in [2.45, 2.75) is 13.3 Å². The van der Waals surface area contributed by atoms with Gasteiger partial charge in [0.15, 0.2) is 0 Å². The number of anilines is 1. The molecule has 0 aliphatic rings. The Balaban J connectivity index is 2.57. The van der Waals surface area contributed by atoms with Crippen molar-refractivity contribution in [2.24, 2.45) is 0 Å². The van der Waals surface area contributed by atoms with Gasteiger partial charge in [0.25, 0.3) is 6.47 Å². The van der Waals surface area contributed by atoms with Crippen molar-refractivity contribution in [3.8, 4) is 0 Å². The van der Waals surface area contributed by atoms with E-state index >= 15 is 0 Å². The fraction of sp³-hybridized carbons (Fsp3) is 0.273. The van der Waals surface area contributed by atoms with Gasteiger partial charge in [-0.05, 0) is 17.7 Å². The fourth-order valence-corrected chi connectivity index (χ4v) is 1.23. The van der Waals surface area contributed by atoms with E-state index in [0.29, 0.717) is 19.5 Å². The Morgan fingerprint density at radius 2 is 2.33 bits per heavy atom. The van der Waals surface area contributed by atoms with Gasteiger partial charge in [0.05, 0.1) is 6.61 Å². The van der Waals surface area contributed by atoms with E-state index in [1.54, 1.807) is 0 Å². The Kier molecular flexibility index (Phi) is 4.34. The van der Waals surface area contributed by atoms with Crippen LogP contribution in [-0.2, 0) is 20.7 Å². The van der Waals surface area contributed by atoms with Crippen molar-refractivity contribution in [3.05, 3.63) is 29.8 Å². The van der Waals surface area contributed by atoms with Crippen molar-refractivity contribution in [2.75, 3.05) is 11.9 Å². The molecule has 0 radical (unpaired) electrons. The number of benzene rings is 1. The largest absolute Gasteiger partial charge is 0.468 e. The van der Waals surface area contributed by atoms with Crippen LogP contribution in [0.2, 0.25) is 0 Å². The van der Waals surface area contributed by atoms with Crippen molar-refractivity contribution in [3.63, 3.8) is 0 Å². The van der Waals surface area contributed by atoms with Crippen LogP contribution in [0.3, 0.4) is 0 Å². The number of carbonyl (C=O) groups excluding carboxylic acids is 2. The Labute approximate surface area is 88.2 Å². The smallest absolute Gasteiger partial charge is 0.293 e. The van der Waals surface area contributed by atoms with Crippen molar-refractivity contribution >= 4 is 18.1 Å². The molecule has 1 rings (SSSR count). The molecular weight excluding hydrogens is 194 g/mol. The van der Waals surface area contributed by atoms with E-state index in [9.17, 15) is 9.59 Å². The molecule has 1 N–H and O–H groups in total. The van der Waals surface area contributed by atoms with Gasteiger partial charge in [-0.2, -0.15) is 0 Å². The molecule has 1 aromatic carbocycles. The van der Waals surface area contributed by atoms with Gasteiger partial charge in [-0.15, -0.1) is 0 Å². The summed E-state index contributed by atoms with van der Waals surface area (Å²) in [6.45, 7) is 2.24. The van der Waals surface area contributed by atoms with Crippen LogP contribution in [0.25, 0.3) is 0 Å².